The fraction of sp³-hybridized carbons (Fsp3) is 0.364. The maximum absolute atomic E-state index is 8.50. The molecule has 0 fully saturated rings. The average Bonchev–Trinajstić information content (AvgIpc) is 2.15. The van der Waals surface area contributed by atoms with Crippen molar-refractivity contribution in [3.8, 4) is 11.8 Å². The van der Waals surface area contributed by atoms with Crippen LogP contribution in [0.2, 0.25) is 5.02 Å². The minimum atomic E-state index is 0.457. The van der Waals surface area contributed by atoms with Gasteiger partial charge in [-0.15, -0.1) is 0 Å². The fourth-order valence-electron chi connectivity index (χ4n) is 1.35. The molecule has 0 aliphatic heterocycles. The Balaban J connectivity index is 3.06. The molecule has 0 radical (unpaired) electrons. The second-order valence-corrected chi connectivity index (χ2v) is 3.49. The standard InChI is InChI=1S/C11H12ClNO/c1-8-6-10(12)9(4-3-5-13)11(7-8)14-2/h6-7H,3-4H2,1-2H3. The summed E-state index contributed by atoms with van der Waals surface area (Å²) in [5.41, 5.74) is 1.98. The number of hydrogen-bond donors (Lipinski definition) is 0. The monoisotopic (exact) mass is 209 g/mol. The molecule has 0 aromatic heterocycles. The van der Waals surface area contributed by atoms with Crippen LogP contribution in [0.3, 0.4) is 0 Å². The van der Waals surface area contributed by atoms with Gasteiger partial charge in [0.2, 0.25) is 0 Å². The molecular formula is C11H12ClNO. The highest BCUT2D eigenvalue weighted by atomic mass is 35.5. The Kier molecular flexibility index (Phi) is 3.79. The minimum Gasteiger partial charge on any atom is -0.496 e. The minimum absolute atomic E-state index is 0.457. The van der Waals surface area contributed by atoms with Crippen LogP contribution in [0.15, 0.2) is 12.1 Å². The lowest BCUT2D eigenvalue weighted by atomic mass is 10.1. The maximum Gasteiger partial charge on any atom is 0.123 e. The first kappa shape index (κ1) is 10.9. The molecule has 0 saturated carbocycles. The lowest BCUT2D eigenvalue weighted by Gasteiger charge is -2.10. The van der Waals surface area contributed by atoms with Crippen molar-refractivity contribution in [1.29, 1.82) is 5.26 Å². The first-order valence-corrected chi connectivity index (χ1v) is 4.76. The van der Waals surface area contributed by atoms with E-state index in [4.69, 9.17) is 21.6 Å². The van der Waals surface area contributed by atoms with Gasteiger partial charge in [0.05, 0.1) is 13.2 Å². The van der Waals surface area contributed by atoms with Gasteiger partial charge >= 0.3 is 0 Å². The summed E-state index contributed by atoms with van der Waals surface area (Å²) in [6, 6.07) is 5.91. The smallest absolute Gasteiger partial charge is 0.123 e. The van der Waals surface area contributed by atoms with E-state index in [9.17, 15) is 0 Å². The summed E-state index contributed by atoms with van der Waals surface area (Å²) in [6.07, 6.45) is 1.10. The number of benzene rings is 1. The van der Waals surface area contributed by atoms with Crippen LogP contribution in [0, 0.1) is 18.3 Å². The quantitative estimate of drug-likeness (QED) is 0.767. The average molecular weight is 210 g/mol. The van der Waals surface area contributed by atoms with Crippen molar-refractivity contribution in [2.24, 2.45) is 0 Å². The van der Waals surface area contributed by atoms with Crippen molar-refractivity contribution in [3.05, 3.63) is 28.3 Å². The molecule has 0 N–H and O–H groups in total. The molecule has 14 heavy (non-hydrogen) atoms. The summed E-state index contributed by atoms with van der Waals surface area (Å²) in [7, 11) is 1.61. The third-order valence-electron chi connectivity index (χ3n) is 2.01. The number of methoxy groups -OCH3 is 1. The second-order valence-electron chi connectivity index (χ2n) is 3.09. The van der Waals surface area contributed by atoms with Crippen molar-refractivity contribution in [1.82, 2.24) is 0 Å². The van der Waals surface area contributed by atoms with Crippen LogP contribution in [0.1, 0.15) is 17.5 Å². The van der Waals surface area contributed by atoms with Gasteiger partial charge in [-0.3, -0.25) is 0 Å². The second kappa shape index (κ2) is 4.88. The number of ether oxygens (including phenoxy) is 1. The highest BCUT2D eigenvalue weighted by Crippen LogP contribution is 2.29. The molecule has 0 aliphatic carbocycles. The molecule has 0 atom stereocenters. The summed E-state index contributed by atoms with van der Waals surface area (Å²) in [5, 5.41) is 9.18. The Morgan fingerprint density at radius 1 is 1.50 bits per heavy atom. The van der Waals surface area contributed by atoms with Crippen LogP contribution in [-0.4, -0.2) is 7.11 Å². The van der Waals surface area contributed by atoms with Crippen molar-refractivity contribution in [2.75, 3.05) is 7.11 Å². The summed E-state index contributed by atoms with van der Waals surface area (Å²) >= 11 is 6.06. The van der Waals surface area contributed by atoms with E-state index in [0.717, 1.165) is 16.9 Å². The van der Waals surface area contributed by atoms with Crippen LogP contribution in [-0.2, 0) is 6.42 Å². The van der Waals surface area contributed by atoms with Crippen LogP contribution in [0.25, 0.3) is 0 Å². The molecule has 0 saturated heterocycles. The summed E-state index contributed by atoms with van der Waals surface area (Å²) in [6.45, 7) is 1.96. The molecule has 0 unspecified atom stereocenters. The van der Waals surface area contributed by atoms with Gasteiger partial charge in [-0.2, -0.15) is 5.26 Å². The molecule has 2 nitrogen and oxygen atoms in total. The molecule has 0 heterocycles. The van der Waals surface area contributed by atoms with Gasteiger partial charge in [-0.1, -0.05) is 11.6 Å². The van der Waals surface area contributed by atoms with Crippen molar-refractivity contribution >= 4 is 11.6 Å². The zero-order valence-corrected chi connectivity index (χ0v) is 9.06. The molecule has 1 aromatic carbocycles. The van der Waals surface area contributed by atoms with Crippen LogP contribution < -0.4 is 4.74 Å². The van der Waals surface area contributed by atoms with Crippen molar-refractivity contribution in [2.45, 2.75) is 19.8 Å². The van der Waals surface area contributed by atoms with Crippen LogP contribution in [0.4, 0.5) is 0 Å². The highest BCUT2D eigenvalue weighted by molar-refractivity contribution is 6.31. The summed E-state index contributed by atoms with van der Waals surface area (Å²) < 4.78 is 5.21. The molecule has 74 valence electrons. The number of hydrogen-bond acceptors (Lipinski definition) is 2. The third-order valence-corrected chi connectivity index (χ3v) is 2.34. The van der Waals surface area contributed by atoms with E-state index in [1.165, 1.54) is 0 Å². The molecular weight excluding hydrogens is 198 g/mol. The van der Waals surface area contributed by atoms with Crippen LogP contribution >= 0.6 is 11.6 Å². The Bertz CT molecular complexity index is 368. The maximum atomic E-state index is 8.50. The number of rotatable bonds is 3. The van der Waals surface area contributed by atoms with Gasteiger partial charge in [-0.05, 0) is 31.0 Å². The summed E-state index contributed by atoms with van der Waals surface area (Å²) in [4.78, 5) is 0. The zero-order valence-electron chi connectivity index (χ0n) is 8.30. The number of aryl methyl sites for hydroxylation is 1. The van der Waals surface area contributed by atoms with E-state index >= 15 is 0 Å². The first-order chi connectivity index (χ1) is 6.69. The van der Waals surface area contributed by atoms with Gasteiger partial charge in [-0.25, -0.2) is 0 Å². The highest BCUT2D eigenvalue weighted by Gasteiger charge is 2.08. The summed E-state index contributed by atoms with van der Waals surface area (Å²) in [5.74, 6) is 0.769. The number of nitrogens with zero attached hydrogens (tertiary/aromatic N) is 1. The largest absolute Gasteiger partial charge is 0.496 e. The fourth-order valence-corrected chi connectivity index (χ4v) is 1.71. The molecule has 1 aromatic rings. The van der Waals surface area contributed by atoms with E-state index in [0.29, 0.717) is 17.9 Å². The van der Waals surface area contributed by atoms with E-state index in [2.05, 4.69) is 6.07 Å². The lowest BCUT2D eigenvalue weighted by Crippen LogP contribution is -1.94. The first-order valence-electron chi connectivity index (χ1n) is 4.39. The van der Waals surface area contributed by atoms with E-state index in [-0.39, 0.29) is 0 Å². The molecule has 0 amide bonds. The van der Waals surface area contributed by atoms with Gasteiger partial charge < -0.3 is 4.74 Å². The normalized spacial score (nSPS) is 9.57. The topological polar surface area (TPSA) is 33.0 Å². The number of nitriles is 1. The van der Waals surface area contributed by atoms with E-state index in [1.807, 2.05) is 19.1 Å². The van der Waals surface area contributed by atoms with Gasteiger partial charge in [0.15, 0.2) is 0 Å². The molecule has 0 aliphatic rings. The predicted octanol–water partition coefficient (Wildman–Crippen LogP) is 3.11. The van der Waals surface area contributed by atoms with Gasteiger partial charge in [0.25, 0.3) is 0 Å². The third kappa shape index (κ3) is 2.40. The Labute approximate surface area is 89.1 Å². The van der Waals surface area contributed by atoms with Gasteiger partial charge in [0.1, 0.15) is 5.75 Å². The van der Waals surface area contributed by atoms with Crippen molar-refractivity contribution in [3.63, 3.8) is 0 Å². The molecule has 0 spiro atoms. The van der Waals surface area contributed by atoms with E-state index in [1.54, 1.807) is 7.11 Å². The SMILES string of the molecule is COc1cc(C)cc(Cl)c1CCC#N. The Morgan fingerprint density at radius 2 is 2.21 bits per heavy atom. The van der Waals surface area contributed by atoms with Gasteiger partial charge in [0, 0.05) is 17.0 Å². The van der Waals surface area contributed by atoms with Crippen LogP contribution in [0.5, 0.6) is 5.75 Å². The number of halogens is 1. The zero-order chi connectivity index (χ0) is 10.6. The Morgan fingerprint density at radius 3 is 2.79 bits per heavy atom. The Hall–Kier alpha value is -1.20. The van der Waals surface area contributed by atoms with E-state index < -0.39 is 0 Å². The molecule has 3 heteroatoms. The predicted molar refractivity (Wildman–Crippen MR) is 56.7 cm³/mol. The van der Waals surface area contributed by atoms with Crippen molar-refractivity contribution < 1.29 is 4.74 Å². The molecule has 0 bridgehead atoms. The molecule has 1 rings (SSSR count). The lowest BCUT2D eigenvalue weighted by molar-refractivity contribution is 0.409.